The van der Waals surface area contributed by atoms with Crippen LogP contribution in [0.5, 0.6) is 0 Å². The Hall–Kier alpha value is -1.89. The summed E-state index contributed by atoms with van der Waals surface area (Å²) in [5, 5.41) is 6.85. The average molecular weight is 310 g/mol. The number of nitrogens with one attached hydrogen (secondary N) is 2. The van der Waals surface area contributed by atoms with E-state index in [-0.39, 0.29) is 0 Å². The summed E-state index contributed by atoms with van der Waals surface area (Å²) in [6, 6.07) is 5.60. The minimum absolute atomic E-state index is 0.355. The molecule has 0 saturated heterocycles. The molecule has 112 valence electrons. The first-order valence-electron chi connectivity index (χ1n) is 6.47. The first-order chi connectivity index (χ1) is 10.1. The van der Waals surface area contributed by atoms with E-state index in [0.717, 1.165) is 18.4 Å². The van der Waals surface area contributed by atoms with Crippen molar-refractivity contribution in [3.63, 3.8) is 0 Å². The summed E-state index contributed by atoms with van der Waals surface area (Å²) in [6.45, 7) is 3.09. The number of hydrogen-bond donors (Lipinski definition) is 2. The first kappa shape index (κ1) is 15.5. The Bertz CT molecular complexity index is 622. The predicted molar refractivity (Wildman–Crippen MR) is 81.7 cm³/mol. The molecule has 0 aliphatic rings. The van der Waals surface area contributed by atoms with E-state index in [9.17, 15) is 8.78 Å². The van der Waals surface area contributed by atoms with Crippen LogP contribution in [0.3, 0.4) is 0 Å². The van der Waals surface area contributed by atoms with Crippen molar-refractivity contribution >= 4 is 23.4 Å². The van der Waals surface area contributed by atoms with Crippen LogP contribution in [-0.4, -0.2) is 22.8 Å². The Morgan fingerprint density at radius 1 is 1.05 bits per heavy atom. The van der Waals surface area contributed by atoms with E-state index >= 15 is 0 Å². The molecule has 0 amide bonds. The van der Waals surface area contributed by atoms with Gasteiger partial charge in [0.1, 0.15) is 11.6 Å². The summed E-state index contributed by atoms with van der Waals surface area (Å²) in [5.41, 5.74) is 0.642. The summed E-state index contributed by atoms with van der Waals surface area (Å²) >= 11 is 1.44. The zero-order valence-corrected chi connectivity index (χ0v) is 12.6. The van der Waals surface area contributed by atoms with E-state index < -0.39 is 11.6 Å². The van der Waals surface area contributed by atoms with Crippen molar-refractivity contribution in [3.05, 3.63) is 41.5 Å². The molecule has 0 aliphatic carbocycles. The lowest BCUT2D eigenvalue weighted by atomic mass is 10.2. The van der Waals surface area contributed by atoms with Crippen molar-refractivity contribution < 1.29 is 8.78 Å². The number of benzene rings is 1. The molecule has 0 saturated carbocycles. The lowest BCUT2D eigenvalue weighted by Gasteiger charge is -2.10. The topological polar surface area (TPSA) is 49.8 Å². The van der Waals surface area contributed by atoms with Crippen molar-refractivity contribution in [2.24, 2.45) is 0 Å². The van der Waals surface area contributed by atoms with Gasteiger partial charge < -0.3 is 10.6 Å². The normalized spacial score (nSPS) is 10.5. The van der Waals surface area contributed by atoms with Gasteiger partial charge in [-0.1, -0.05) is 17.8 Å². The molecule has 7 heteroatoms. The smallest absolute Gasteiger partial charge is 0.191 e. The first-order valence-corrected chi connectivity index (χ1v) is 7.69. The summed E-state index contributed by atoms with van der Waals surface area (Å²) in [6.07, 6.45) is 1.89. The Balaban J connectivity index is 2.11. The maximum atomic E-state index is 13.1. The highest BCUT2D eigenvalue weighted by Gasteiger charge is 2.05. The number of thioether (sulfide) groups is 1. The molecule has 1 aromatic carbocycles. The van der Waals surface area contributed by atoms with E-state index in [1.807, 2.05) is 13.2 Å². The third kappa shape index (κ3) is 4.29. The average Bonchev–Trinajstić information content (AvgIpc) is 2.48. The lowest BCUT2D eigenvalue weighted by Crippen LogP contribution is -2.06. The molecule has 21 heavy (non-hydrogen) atoms. The van der Waals surface area contributed by atoms with Gasteiger partial charge in [0.15, 0.2) is 16.8 Å². The van der Waals surface area contributed by atoms with E-state index in [1.165, 1.54) is 23.9 Å². The number of hydrogen-bond acceptors (Lipinski definition) is 5. The molecule has 0 unspecified atom stereocenters. The quantitative estimate of drug-likeness (QED) is 0.631. The highest BCUT2D eigenvalue weighted by molar-refractivity contribution is 7.98. The minimum Gasteiger partial charge on any atom is -0.370 e. The molecule has 0 bridgehead atoms. The maximum absolute atomic E-state index is 13.1. The molecule has 0 atom stereocenters. The van der Waals surface area contributed by atoms with Crippen LogP contribution in [-0.2, 0) is 6.54 Å². The monoisotopic (exact) mass is 310 g/mol. The van der Waals surface area contributed by atoms with Gasteiger partial charge in [0.05, 0.1) is 0 Å². The number of nitrogens with zero attached hydrogens (tertiary/aromatic N) is 2. The molecule has 2 rings (SSSR count). The van der Waals surface area contributed by atoms with Gasteiger partial charge in [-0.15, -0.1) is 0 Å². The molecule has 0 radical (unpaired) electrons. The fourth-order valence-electron chi connectivity index (χ4n) is 1.72. The van der Waals surface area contributed by atoms with Crippen LogP contribution in [0.25, 0.3) is 0 Å². The van der Waals surface area contributed by atoms with E-state index in [4.69, 9.17) is 0 Å². The standard InChI is InChI=1S/C14H16F2N4S/c1-3-17-12-7-13(20-14(19-12)21-2)18-8-9-4-5-10(15)11(16)6-9/h4-7H,3,8H2,1-2H3,(H2,17,18,19,20). The Kier molecular flexibility index (Phi) is 5.32. The third-order valence-electron chi connectivity index (χ3n) is 2.70. The highest BCUT2D eigenvalue weighted by atomic mass is 32.2. The van der Waals surface area contributed by atoms with Gasteiger partial charge in [-0.3, -0.25) is 0 Å². The Labute approximate surface area is 126 Å². The van der Waals surface area contributed by atoms with Gasteiger partial charge in [0.2, 0.25) is 0 Å². The number of halogens is 2. The highest BCUT2D eigenvalue weighted by Crippen LogP contribution is 2.18. The molecule has 2 N–H and O–H groups in total. The zero-order chi connectivity index (χ0) is 15.2. The van der Waals surface area contributed by atoms with Gasteiger partial charge in [-0.05, 0) is 30.9 Å². The van der Waals surface area contributed by atoms with Crippen LogP contribution in [0.1, 0.15) is 12.5 Å². The van der Waals surface area contributed by atoms with Gasteiger partial charge in [-0.2, -0.15) is 0 Å². The lowest BCUT2D eigenvalue weighted by molar-refractivity contribution is 0.507. The maximum Gasteiger partial charge on any atom is 0.191 e. The largest absolute Gasteiger partial charge is 0.370 e. The Morgan fingerprint density at radius 3 is 2.38 bits per heavy atom. The van der Waals surface area contributed by atoms with E-state index in [2.05, 4.69) is 20.6 Å². The van der Waals surface area contributed by atoms with Crippen molar-refractivity contribution in [1.82, 2.24) is 9.97 Å². The fourth-order valence-corrected chi connectivity index (χ4v) is 2.10. The number of aromatic nitrogens is 2. The molecular weight excluding hydrogens is 294 g/mol. The second kappa shape index (κ2) is 7.21. The minimum atomic E-state index is -0.852. The van der Waals surface area contributed by atoms with Crippen molar-refractivity contribution in [2.75, 3.05) is 23.4 Å². The number of rotatable bonds is 6. The van der Waals surface area contributed by atoms with Crippen LogP contribution in [0, 0.1) is 11.6 Å². The summed E-state index contributed by atoms with van der Waals surface area (Å²) < 4.78 is 26.0. The summed E-state index contributed by atoms with van der Waals surface area (Å²) in [5.74, 6) is -0.338. The Morgan fingerprint density at radius 2 is 1.76 bits per heavy atom. The number of anilines is 2. The van der Waals surface area contributed by atoms with Gasteiger partial charge >= 0.3 is 0 Å². The molecule has 0 fully saturated rings. The van der Waals surface area contributed by atoms with Crippen molar-refractivity contribution in [1.29, 1.82) is 0 Å². The molecule has 1 heterocycles. The van der Waals surface area contributed by atoms with Crippen LogP contribution in [0.15, 0.2) is 29.4 Å². The predicted octanol–water partition coefficient (Wildman–Crippen LogP) is 3.52. The molecular formula is C14H16F2N4S. The third-order valence-corrected chi connectivity index (χ3v) is 3.25. The van der Waals surface area contributed by atoms with Crippen molar-refractivity contribution in [2.45, 2.75) is 18.6 Å². The molecule has 2 aromatic rings. The molecule has 0 spiro atoms. The molecule has 4 nitrogen and oxygen atoms in total. The summed E-state index contributed by atoms with van der Waals surface area (Å²) in [4.78, 5) is 8.64. The van der Waals surface area contributed by atoms with Crippen LogP contribution < -0.4 is 10.6 Å². The van der Waals surface area contributed by atoms with Gasteiger partial charge in [-0.25, -0.2) is 18.7 Å². The van der Waals surface area contributed by atoms with E-state index in [0.29, 0.717) is 23.1 Å². The second-order valence-corrected chi connectivity index (χ2v) is 5.03. The fraction of sp³-hybridized carbons (Fsp3) is 0.286. The van der Waals surface area contributed by atoms with Crippen molar-refractivity contribution in [3.8, 4) is 0 Å². The van der Waals surface area contributed by atoms with Gasteiger partial charge in [0.25, 0.3) is 0 Å². The zero-order valence-electron chi connectivity index (χ0n) is 11.8. The van der Waals surface area contributed by atoms with Gasteiger partial charge in [0, 0.05) is 19.2 Å². The summed E-state index contributed by atoms with van der Waals surface area (Å²) in [7, 11) is 0. The SMILES string of the molecule is CCNc1cc(NCc2ccc(F)c(F)c2)nc(SC)n1. The van der Waals surface area contributed by atoms with Crippen LogP contribution >= 0.6 is 11.8 Å². The molecule has 0 aliphatic heterocycles. The van der Waals surface area contributed by atoms with Crippen LogP contribution in [0.2, 0.25) is 0 Å². The second-order valence-electron chi connectivity index (χ2n) is 4.26. The van der Waals surface area contributed by atoms with E-state index in [1.54, 1.807) is 6.07 Å². The molecule has 1 aromatic heterocycles. The van der Waals surface area contributed by atoms with Crippen LogP contribution in [0.4, 0.5) is 20.4 Å².